The minimum absolute atomic E-state index is 0.114. The van der Waals surface area contributed by atoms with Crippen molar-refractivity contribution in [1.82, 2.24) is 15.5 Å². The van der Waals surface area contributed by atoms with Gasteiger partial charge in [0.25, 0.3) is 0 Å². The summed E-state index contributed by atoms with van der Waals surface area (Å²) in [6.45, 7) is 4.50. The Hall–Kier alpha value is -1.21. The minimum Gasteiger partial charge on any atom is -0.374 e. The molecule has 5 N–H and O–H groups in total. The topological polar surface area (TPSA) is 107 Å². The fraction of sp³-hybridized carbons (Fsp3) is 0.700. The van der Waals surface area contributed by atoms with Gasteiger partial charge in [-0.25, -0.2) is 0 Å². The first kappa shape index (κ1) is 13.9. The van der Waals surface area contributed by atoms with Crippen molar-refractivity contribution in [2.45, 2.75) is 32.7 Å². The molecule has 0 spiro atoms. The average Bonchev–Trinajstić information content (AvgIpc) is 2.72. The third-order valence-electron chi connectivity index (χ3n) is 2.68. The van der Waals surface area contributed by atoms with Gasteiger partial charge in [-0.05, 0) is 5.92 Å². The predicted octanol–water partition coefficient (Wildman–Crippen LogP) is 0.152. The summed E-state index contributed by atoms with van der Waals surface area (Å²) in [6.07, 6.45) is 1.52. The summed E-state index contributed by atoms with van der Waals surface area (Å²) in [6, 6.07) is -0.445. The zero-order valence-corrected chi connectivity index (χ0v) is 11.0. The van der Waals surface area contributed by atoms with Crippen LogP contribution in [0.2, 0.25) is 0 Å². The Morgan fingerprint density at radius 1 is 1.53 bits per heavy atom. The second kappa shape index (κ2) is 6.51. The molecule has 1 aromatic heterocycles. The van der Waals surface area contributed by atoms with E-state index in [9.17, 15) is 4.79 Å². The van der Waals surface area contributed by atoms with E-state index in [-0.39, 0.29) is 11.8 Å². The number of hydrogen-bond donors (Lipinski definition) is 3. The number of aromatic nitrogens is 2. The van der Waals surface area contributed by atoms with Crippen LogP contribution in [-0.4, -0.2) is 28.7 Å². The van der Waals surface area contributed by atoms with Crippen LogP contribution in [0.15, 0.2) is 0 Å². The number of carbonyl (C=O) groups excluding carboxylic acids is 1. The van der Waals surface area contributed by atoms with Crippen LogP contribution in [0.4, 0.5) is 5.13 Å². The lowest BCUT2D eigenvalue weighted by atomic mass is 9.99. The number of hydrogen-bond acceptors (Lipinski definition) is 6. The molecule has 7 heteroatoms. The van der Waals surface area contributed by atoms with Gasteiger partial charge < -0.3 is 16.8 Å². The van der Waals surface area contributed by atoms with E-state index in [0.29, 0.717) is 18.1 Å². The van der Waals surface area contributed by atoms with Crippen LogP contribution in [0, 0.1) is 5.92 Å². The number of nitrogen functional groups attached to an aromatic ring is 1. The zero-order chi connectivity index (χ0) is 12.8. The van der Waals surface area contributed by atoms with Gasteiger partial charge in [0, 0.05) is 13.0 Å². The van der Waals surface area contributed by atoms with E-state index in [1.807, 2.05) is 13.8 Å². The molecule has 0 unspecified atom stereocenters. The molecule has 0 saturated carbocycles. The van der Waals surface area contributed by atoms with Crippen LogP contribution in [0.3, 0.4) is 0 Å². The van der Waals surface area contributed by atoms with Gasteiger partial charge in [0.15, 0.2) is 0 Å². The highest BCUT2D eigenvalue weighted by Gasteiger charge is 2.18. The third kappa shape index (κ3) is 4.27. The number of carbonyl (C=O) groups is 1. The zero-order valence-electron chi connectivity index (χ0n) is 10.1. The van der Waals surface area contributed by atoms with Crippen molar-refractivity contribution in [3.63, 3.8) is 0 Å². The molecule has 96 valence electrons. The van der Waals surface area contributed by atoms with Crippen molar-refractivity contribution in [3.8, 4) is 0 Å². The molecule has 0 saturated heterocycles. The summed E-state index contributed by atoms with van der Waals surface area (Å²) in [4.78, 5) is 11.6. The van der Waals surface area contributed by atoms with E-state index in [1.165, 1.54) is 11.3 Å². The Morgan fingerprint density at radius 2 is 2.24 bits per heavy atom. The van der Waals surface area contributed by atoms with Crippen LogP contribution in [0.1, 0.15) is 25.3 Å². The maximum atomic E-state index is 11.6. The molecule has 17 heavy (non-hydrogen) atoms. The van der Waals surface area contributed by atoms with Gasteiger partial charge in [-0.15, -0.1) is 10.2 Å². The fourth-order valence-corrected chi connectivity index (χ4v) is 1.90. The quantitative estimate of drug-likeness (QED) is 0.672. The van der Waals surface area contributed by atoms with Crippen molar-refractivity contribution >= 4 is 22.4 Å². The Labute approximate surface area is 105 Å². The van der Waals surface area contributed by atoms with E-state index < -0.39 is 6.04 Å². The molecule has 6 nitrogen and oxygen atoms in total. The molecule has 0 aliphatic rings. The van der Waals surface area contributed by atoms with Gasteiger partial charge in [-0.1, -0.05) is 31.6 Å². The minimum atomic E-state index is -0.445. The molecular weight excluding hydrogens is 238 g/mol. The molecule has 2 atom stereocenters. The SMILES string of the molecule is CC[C@H](C)[C@H](N)C(=O)NCCc1nnc(N)s1. The fourth-order valence-electron chi connectivity index (χ4n) is 1.29. The van der Waals surface area contributed by atoms with Gasteiger partial charge in [0.05, 0.1) is 6.04 Å². The Morgan fingerprint density at radius 3 is 2.76 bits per heavy atom. The molecule has 0 fully saturated rings. The standard InChI is InChI=1S/C10H19N5OS/c1-3-6(2)8(11)9(16)13-5-4-7-14-15-10(12)17-7/h6,8H,3-5,11H2,1-2H3,(H2,12,15)(H,13,16)/t6-,8-/m0/s1. The van der Waals surface area contributed by atoms with Crippen LogP contribution in [-0.2, 0) is 11.2 Å². The van der Waals surface area contributed by atoms with Crippen molar-refractivity contribution < 1.29 is 4.79 Å². The average molecular weight is 257 g/mol. The second-order valence-corrected chi connectivity index (χ2v) is 5.08. The second-order valence-electron chi connectivity index (χ2n) is 3.99. The van der Waals surface area contributed by atoms with Crippen LogP contribution in [0.5, 0.6) is 0 Å². The molecule has 0 aliphatic carbocycles. The Kier molecular flexibility index (Phi) is 5.30. The lowest BCUT2D eigenvalue weighted by Crippen LogP contribution is -2.45. The van der Waals surface area contributed by atoms with Crippen LogP contribution >= 0.6 is 11.3 Å². The van der Waals surface area contributed by atoms with E-state index in [1.54, 1.807) is 0 Å². The normalized spacial score (nSPS) is 14.3. The number of nitrogens with two attached hydrogens (primary N) is 2. The highest BCUT2D eigenvalue weighted by molar-refractivity contribution is 7.15. The van der Waals surface area contributed by atoms with Crippen molar-refractivity contribution in [2.75, 3.05) is 12.3 Å². The summed E-state index contributed by atoms with van der Waals surface area (Å²) in [5.74, 6) is 0.0732. The molecule has 1 rings (SSSR count). The van der Waals surface area contributed by atoms with Gasteiger partial charge in [-0.3, -0.25) is 4.79 Å². The summed E-state index contributed by atoms with van der Waals surface area (Å²) >= 11 is 1.33. The molecule has 1 heterocycles. The van der Waals surface area contributed by atoms with Gasteiger partial charge >= 0.3 is 0 Å². The number of rotatable bonds is 6. The number of anilines is 1. The monoisotopic (exact) mass is 257 g/mol. The Bertz CT molecular complexity index is 367. The maximum absolute atomic E-state index is 11.6. The predicted molar refractivity (Wildman–Crippen MR) is 68.5 cm³/mol. The smallest absolute Gasteiger partial charge is 0.237 e. The lowest BCUT2D eigenvalue weighted by molar-refractivity contribution is -0.123. The van der Waals surface area contributed by atoms with Gasteiger partial charge in [0.1, 0.15) is 5.01 Å². The molecular formula is C10H19N5OS. The van der Waals surface area contributed by atoms with E-state index >= 15 is 0 Å². The maximum Gasteiger partial charge on any atom is 0.237 e. The Balaban J connectivity index is 2.29. The largest absolute Gasteiger partial charge is 0.374 e. The van der Waals surface area contributed by atoms with Crippen LogP contribution < -0.4 is 16.8 Å². The first-order valence-electron chi connectivity index (χ1n) is 5.65. The highest BCUT2D eigenvalue weighted by Crippen LogP contribution is 2.10. The van der Waals surface area contributed by atoms with E-state index in [4.69, 9.17) is 11.5 Å². The van der Waals surface area contributed by atoms with Gasteiger partial charge in [0.2, 0.25) is 11.0 Å². The van der Waals surface area contributed by atoms with Crippen molar-refractivity contribution in [1.29, 1.82) is 0 Å². The highest BCUT2D eigenvalue weighted by atomic mass is 32.1. The molecule has 0 aliphatic heterocycles. The summed E-state index contributed by atoms with van der Waals surface area (Å²) in [5, 5.41) is 11.6. The van der Waals surface area contributed by atoms with Crippen molar-refractivity contribution in [3.05, 3.63) is 5.01 Å². The number of amides is 1. The first-order valence-corrected chi connectivity index (χ1v) is 6.47. The lowest BCUT2D eigenvalue weighted by Gasteiger charge is -2.17. The molecule has 1 amide bonds. The summed E-state index contributed by atoms with van der Waals surface area (Å²) in [7, 11) is 0. The number of nitrogens with one attached hydrogen (secondary N) is 1. The van der Waals surface area contributed by atoms with Crippen molar-refractivity contribution in [2.24, 2.45) is 11.7 Å². The number of nitrogens with zero attached hydrogens (tertiary/aromatic N) is 2. The molecule has 0 aromatic carbocycles. The molecule has 0 bridgehead atoms. The summed E-state index contributed by atoms with van der Waals surface area (Å²) in [5.41, 5.74) is 11.3. The molecule has 1 aromatic rings. The van der Waals surface area contributed by atoms with E-state index in [0.717, 1.165) is 11.4 Å². The third-order valence-corrected chi connectivity index (χ3v) is 3.49. The first-order chi connectivity index (χ1) is 8.04. The van der Waals surface area contributed by atoms with E-state index in [2.05, 4.69) is 15.5 Å². The van der Waals surface area contributed by atoms with Crippen LogP contribution in [0.25, 0.3) is 0 Å². The molecule has 0 radical (unpaired) electrons. The van der Waals surface area contributed by atoms with Gasteiger partial charge in [-0.2, -0.15) is 0 Å². The summed E-state index contributed by atoms with van der Waals surface area (Å²) < 4.78 is 0.